The van der Waals surface area contributed by atoms with Gasteiger partial charge >= 0.3 is 0 Å². The second-order valence-corrected chi connectivity index (χ2v) is 5.47. The maximum Gasteiger partial charge on any atom is 0.236 e. The number of likely N-dealkylation sites (N-methyl/N-ethyl adjacent to an activating group) is 2. The smallest absolute Gasteiger partial charge is 0.236 e. The predicted molar refractivity (Wildman–Crippen MR) is 68.6 cm³/mol. The molecule has 4 nitrogen and oxygen atoms in total. The van der Waals surface area contributed by atoms with Gasteiger partial charge in [-0.2, -0.15) is 0 Å². The van der Waals surface area contributed by atoms with E-state index in [-0.39, 0.29) is 5.91 Å². The van der Waals surface area contributed by atoms with Crippen molar-refractivity contribution in [2.24, 2.45) is 11.7 Å². The van der Waals surface area contributed by atoms with Crippen molar-refractivity contribution in [2.45, 2.75) is 44.7 Å². The zero-order valence-electron chi connectivity index (χ0n) is 11.1. The maximum atomic E-state index is 12.2. The Hall–Kier alpha value is -0.610. The maximum absolute atomic E-state index is 12.2. The minimum atomic E-state index is 0.275. The SMILES string of the molecule is CCN(C(=O)CN(C)C(CN)C1CC1)C1CC1. The number of nitrogens with zero attached hydrogens (tertiary/aromatic N) is 2. The molecular formula is C13H25N3O. The fraction of sp³-hybridized carbons (Fsp3) is 0.923. The quantitative estimate of drug-likeness (QED) is 0.710. The van der Waals surface area contributed by atoms with Crippen LogP contribution in [0, 0.1) is 5.92 Å². The summed E-state index contributed by atoms with van der Waals surface area (Å²) >= 11 is 0. The van der Waals surface area contributed by atoms with Gasteiger partial charge in [-0.15, -0.1) is 0 Å². The van der Waals surface area contributed by atoms with Crippen molar-refractivity contribution in [3.05, 3.63) is 0 Å². The number of hydrogen-bond acceptors (Lipinski definition) is 3. The largest absolute Gasteiger partial charge is 0.339 e. The molecule has 2 aliphatic carbocycles. The number of amides is 1. The average molecular weight is 239 g/mol. The molecule has 0 aromatic carbocycles. The van der Waals surface area contributed by atoms with Gasteiger partial charge in [0.2, 0.25) is 5.91 Å². The predicted octanol–water partition coefficient (Wildman–Crippen LogP) is 0.666. The Morgan fingerprint density at radius 1 is 1.35 bits per heavy atom. The summed E-state index contributed by atoms with van der Waals surface area (Å²) in [5.41, 5.74) is 5.80. The van der Waals surface area contributed by atoms with Crippen LogP contribution in [0.3, 0.4) is 0 Å². The molecule has 0 radical (unpaired) electrons. The van der Waals surface area contributed by atoms with Crippen molar-refractivity contribution >= 4 is 5.91 Å². The lowest BCUT2D eigenvalue weighted by Crippen LogP contribution is -2.46. The molecule has 2 fully saturated rings. The summed E-state index contributed by atoms with van der Waals surface area (Å²) < 4.78 is 0. The molecule has 2 aliphatic rings. The van der Waals surface area contributed by atoms with Crippen molar-refractivity contribution in [2.75, 3.05) is 26.7 Å². The number of hydrogen-bond donors (Lipinski definition) is 1. The Bertz CT molecular complexity index is 274. The number of carbonyl (C=O) groups is 1. The van der Waals surface area contributed by atoms with Crippen molar-refractivity contribution in [3.8, 4) is 0 Å². The van der Waals surface area contributed by atoms with E-state index in [0.717, 1.165) is 12.5 Å². The Kier molecular flexibility index (Phi) is 4.05. The lowest BCUT2D eigenvalue weighted by atomic mass is 10.1. The first kappa shape index (κ1) is 12.8. The molecule has 1 amide bonds. The van der Waals surface area contributed by atoms with Gasteiger partial charge < -0.3 is 10.6 Å². The Balaban J connectivity index is 1.83. The fourth-order valence-corrected chi connectivity index (χ4v) is 2.66. The van der Waals surface area contributed by atoms with Gasteiger partial charge in [-0.25, -0.2) is 0 Å². The number of carbonyl (C=O) groups excluding carboxylic acids is 1. The van der Waals surface area contributed by atoms with Gasteiger partial charge in [0.15, 0.2) is 0 Å². The fourth-order valence-electron chi connectivity index (χ4n) is 2.66. The normalized spacial score (nSPS) is 21.6. The zero-order chi connectivity index (χ0) is 12.4. The van der Waals surface area contributed by atoms with E-state index in [4.69, 9.17) is 5.73 Å². The van der Waals surface area contributed by atoms with E-state index >= 15 is 0 Å². The van der Waals surface area contributed by atoms with Crippen molar-refractivity contribution in [1.82, 2.24) is 9.80 Å². The van der Waals surface area contributed by atoms with Gasteiger partial charge in [-0.05, 0) is 45.6 Å². The van der Waals surface area contributed by atoms with Crippen LogP contribution in [0.5, 0.6) is 0 Å². The minimum Gasteiger partial charge on any atom is -0.339 e. The summed E-state index contributed by atoms with van der Waals surface area (Å²) in [4.78, 5) is 16.4. The molecule has 17 heavy (non-hydrogen) atoms. The molecule has 0 saturated heterocycles. The minimum absolute atomic E-state index is 0.275. The second-order valence-electron chi connectivity index (χ2n) is 5.47. The van der Waals surface area contributed by atoms with Crippen LogP contribution in [0.1, 0.15) is 32.6 Å². The molecule has 0 aromatic heterocycles. The number of rotatable bonds is 7. The summed E-state index contributed by atoms with van der Waals surface area (Å²) in [6.07, 6.45) is 4.93. The summed E-state index contributed by atoms with van der Waals surface area (Å²) in [6.45, 7) is 4.11. The van der Waals surface area contributed by atoms with Gasteiger partial charge in [0.25, 0.3) is 0 Å². The zero-order valence-corrected chi connectivity index (χ0v) is 11.1. The molecule has 0 spiro atoms. The summed E-state index contributed by atoms with van der Waals surface area (Å²) in [5, 5.41) is 0. The van der Waals surface area contributed by atoms with Gasteiger partial charge in [-0.1, -0.05) is 0 Å². The lowest BCUT2D eigenvalue weighted by Gasteiger charge is -2.29. The van der Waals surface area contributed by atoms with Crippen LogP contribution < -0.4 is 5.73 Å². The molecule has 0 heterocycles. The monoisotopic (exact) mass is 239 g/mol. The average Bonchev–Trinajstić information content (AvgIpc) is 3.13. The molecular weight excluding hydrogens is 214 g/mol. The first-order valence-corrected chi connectivity index (χ1v) is 6.87. The van der Waals surface area contributed by atoms with Crippen LogP contribution in [0.15, 0.2) is 0 Å². The molecule has 2 N–H and O–H groups in total. The van der Waals surface area contributed by atoms with E-state index in [9.17, 15) is 4.79 Å². The highest BCUT2D eigenvalue weighted by Gasteiger charge is 2.36. The third-order valence-electron chi connectivity index (χ3n) is 4.01. The van der Waals surface area contributed by atoms with Gasteiger partial charge in [0.1, 0.15) is 0 Å². The van der Waals surface area contributed by atoms with Gasteiger partial charge in [0.05, 0.1) is 6.54 Å². The molecule has 1 atom stereocenters. The molecule has 2 saturated carbocycles. The molecule has 1 unspecified atom stereocenters. The Labute approximate surface area is 104 Å². The molecule has 98 valence electrons. The molecule has 0 aliphatic heterocycles. The van der Waals surface area contributed by atoms with Gasteiger partial charge in [-0.3, -0.25) is 9.69 Å². The van der Waals surface area contributed by atoms with Crippen LogP contribution in [-0.2, 0) is 4.79 Å². The topological polar surface area (TPSA) is 49.6 Å². The van der Waals surface area contributed by atoms with E-state index in [1.165, 1.54) is 25.7 Å². The number of nitrogens with two attached hydrogens (primary N) is 1. The first-order chi connectivity index (χ1) is 8.17. The van der Waals surface area contributed by atoms with Gasteiger partial charge in [0, 0.05) is 25.2 Å². The van der Waals surface area contributed by atoms with E-state index in [2.05, 4.69) is 11.8 Å². The van der Waals surface area contributed by atoms with E-state index in [1.54, 1.807) is 0 Å². The molecule has 0 aromatic rings. The van der Waals surface area contributed by atoms with E-state index < -0.39 is 0 Å². The standard InChI is InChI=1S/C13H25N3O/c1-3-16(11-6-7-11)13(17)9-15(2)12(8-14)10-4-5-10/h10-12H,3-9,14H2,1-2H3. The van der Waals surface area contributed by atoms with Crippen LogP contribution in [0.2, 0.25) is 0 Å². The molecule has 2 rings (SSSR count). The summed E-state index contributed by atoms with van der Waals surface area (Å²) in [7, 11) is 2.04. The highest BCUT2D eigenvalue weighted by molar-refractivity contribution is 5.79. The third kappa shape index (κ3) is 3.19. The van der Waals surface area contributed by atoms with E-state index in [0.29, 0.717) is 25.2 Å². The summed E-state index contributed by atoms with van der Waals surface area (Å²) in [5.74, 6) is 1.01. The van der Waals surface area contributed by atoms with E-state index in [1.807, 2.05) is 11.9 Å². The highest BCUT2D eigenvalue weighted by Crippen LogP contribution is 2.34. The van der Waals surface area contributed by atoms with Crippen molar-refractivity contribution in [1.29, 1.82) is 0 Å². The lowest BCUT2D eigenvalue weighted by molar-refractivity contribution is -0.133. The Morgan fingerprint density at radius 2 is 2.00 bits per heavy atom. The Morgan fingerprint density at radius 3 is 2.41 bits per heavy atom. The van der Waals surface area contributed by atoms with Crippen LogP contribution in [0.4, 0.5) is 0 Å². The van der Waals surface area contributed by atoms with Crippen LogP contribution in [0.25, 0.3) is 0 Å². The molecule has 4 heteroatoms. The first-order valence-electron chi connectivity index (χ1n) is 6.87. The van der Waals surface area contributed by atoms with Crippen LogP contribution >= 0.6 is 0 Å². The second kappa shape index (κ2) is 5.36. The molecule has 0 bridgehead atoms. The highest BCUT2D eigenvalue weighted by atomic mass is 16.2. The van der Waals surface area contributed by atoms with Crippen molar-refractivity contribution < 1.29 is 4.79 Å². The summed E-state index contributed by atoms with van der Waals surface area (Å²) in [6, 6.07) is 0.926. The third-order valence-corrected chi connectivity index (χ3v) is 4.01. The van der Waals surface area contributed by atoms with Crippen molar-refractivity contribution in [3.63, 3.8) is 0 Å². The van der Waals surface area contributed by atoms with Crippen LogP contribution in [-0.4, -0.2) is 54.5 Å².